The summed E-state index contributed by atoms with van der Waals surface area (Å²) < 4.78 is 5.94. The van der Waals surface area contributed by atoms with Gasteiger partial charge in [0, 0.05) is 13.1 Å². The van der Waals surface area contributed by atoms with Crippen molar-refractivity contribution in [2.24, 2.45) is 0 Å². The lowest BCUT2D eigenvalue weighted by molar-refractivity contribution is -0.138. The van der Waals surface area contributed by atoms with Crippen molar-refractivity contribution in [2.45, 2.75) is 39.8 Å². The molecule has 0 saturated heterocycles. The van der Waals surface area contributed by atoms with Gasteiger partial charge in [-0.05, 0) is 55.5 Å². The van der Waals surface area contributed by atoms with Gasteiger partial charge in [-0.1, -0.05) is 36.4 Å². The van der Waals surface area contributed by atoms with Crippen molar-refractivity contribution < 1.29 is 9.53 Å². The third kappa shape index (κ3) is 3.39. The summed E-state index contributed by atoms with van der Waals surface area (Å²) in [5.74, 6) is 0.851. The van der Waals surface area contributed by atoms with Gasteiger partial charge < -0.3 is 9.64 Å². The van der Waals surface area contributed by atoms with Gasteiger partial charge in [-0.15, -0.1) is 0 Å². The van der Waals surface area contributed by atoms with Crippen LogP contribution in [0.1, 0.15) is 29.2 Å². The highest BCUT2D eigenvalue weighted by molar-refractivity contribution is 5.81. The van der Waals surface area contributed by atoms with Crippen molar-refractivity contribution in [1.82, 2.24) is 4.90 Å². The molecular formula is C20H23NO2. The Morgan fingerprint density at radius 2 is 1.87 bits per heavy atom. The molecule has 0 saturated carbocycles. The predicted octanol–water partition coefficient (Wildman–Crippen LogP) is 3.66. The van der Waals surface area contributed by atoms with Gasteiger partial charge in [0.2, 0.25) is 0 Å². The number of carbonyl (C=O) groups excluding carboxylic acids is 1. The summed E-state index contributed by atoms with van der Waals surface area (Å²) in [5.41, 5.74) is 4.78. The Hall–Kier alpha value is -2.29. The third-order valence-electron chi connectivity index (χ3n) is 4.44. The number of benzene rings is 2. The first-order valence-corrected chi connectivity index (χ1v) is 8.14. The van der Waals surface area contributed by atoms with Gasteiger partial charge in [-0.25, -0.2) is 0 Å². The van der Waals surface area contributed by atoms with Crippen LogP contribution in [0, 0.1) is 13.8 Å². The second kappa shape index (κ2) is 6.45. The highest BCUT2D eigenvalue weighted by atomic mass is 16.5. The van der Waals surface area contributed by atoms with Gasteiger partial charge in [-0.2, -0.15) is 0 Å². The minimum atomic E-state index is -0.472. The van der Waals surface area contributed by atoms with Crippen LogP contribution in [-0.2, 0) is 17.8 Å². The van der Waals surface area contributed by atoms with Gasteiger partial charge in [0.15, 0.2) is 6.10 Å². The maximum atomic E-state index is 12.7. The van der Waals surface area contributed by atoms with E-state index in [-0.39, 0.29) is 5.91 Å². The molecule has 2 aromatic carbocycles. The van der Waals surface area contributed by atoms with Crippen LogP contribution in [0.15, 0.2) is 42.5 Å². The number of hydrogen-bond donors (Lipinski definition) is 0. The molecule has 0 unspecified atom stereocenters. The molecule has 0 aromatic heterocycles. The Morgan fingerprint density at radius 1 is 1.13 bits per heavy atom. The molecule has 2 aromatic rings. The van der Waals surface area contributed by atoms with Crippen molar-refractivity contribution >= 4 is 5.91 Å². The molecule has 120 valence electrons. The molecular weight excluding hydrogens is 286 g/mol. The zero-order valence-electron chi connectivity index (χ0n) is 14.0. The van der Waals surface area contributed by atoms with Crippen molar-refractivity contribution in [3.63, 3.8) is 0 Å². The standard InChI is InChI=1S/C20H23NO2/c1-14-8-9-15(2)19(12-14)23-16(3)20(22)21-11-10-17-6-4-5-7-18(17)13-21/h4-9,12,16H,10-11,13H2,1-3H3/t16-/m1/s1. The quantitative estimate of drug-likeness (QED) is 0.866. The number of hydrogen-bond acceptors (Lipinski definition) is 2. The van der Waals surface area contributed by atoms with Gasteiger partial charge in [-0.3, -0.25) is 4.79 Å². The second-order valence-electron chi connectivity index (χ2n) is 6.31. The van der Waals surface area contributed by atoms with E-state index in [0.717, 1.165) is 29.8 Å². The van der Waals surface area contributed by atoms with E-state index in [0.29, 0.717) is 6.54 Å². The minimum absolute atomic E-state index is 0.0559. The summed E-state index contributed by atoms with van der Waals surface area (Å²) >= 11 is 0. The average molecular weight is 309 g/mol. The number of ether oxygens (including phenoxy) is 1. The van der Waals surface area contributed by atoms with E-state index in [1.54, 1.807) is 0 Å². The fourth-order valence-electron chi connectivity index (χ4n) is 3.02. The maximum absolute atomic E-state index is 12.7. The van der Waals surface area contributed by atoms with Gasteiger partial charge in [0.05, 0.1) is 0 Å². The molecule has 1 atom stereocenters. The van der Waals surface area contributed by atoms with Crippen LogP contribution in [0.2, 0.25) is 0 Å². The molecule has 1 heterocycles. The van der Waals surface area contributed by atoms with Gasteiger partial charge in [0.1, 0.15) is 5.75 Å². The van der Waals surface area contributed by atoms with Crippen LogP contribution >= 0.6 is 0 Å². The molecule has 0 aliphatic carbocycles. The average Bonchev–Trinajstić information content (AvgIpc) is 2.57. The lowest BCUT2D eigenvalue weighted by Gasteiger charge is -2.31. The summed E-state index contributed by atoms with van der Waals surface area (Å²) in [4.78, 5) is 14.6. The summed E-state index contributed by atoms with van der Waals surface area (Å²) in [5, 5.41) is 0. The molecule has 3 rings (SSSR count). The van der Waals surface area contributed by atoms with Crippen LogP contribution in [0.5, 0.6) is 5.75 Å². The zero-order chi connectivity index (χ0) is 16.4. The Morgan fingerprint density at radius 3 is 2.65 bits per heavy atom. The zero-order valence-corrected chi connectivity index (χ0v) is 14.0. The maximum Gasteiger partial charge on any atom is 0.263 e. The van der Waals surface area contributed by atoms with Crippen LogP contribution in [0.4, 0.5) is 0 Å². The van der Waals surface area contributed by atoms with Crippen molar-refractivity contribution in [3.8, 4) is 5.75 Å². The summed E-state index contributed by atoms with van der Waals surface area (Å²) in [7, 11) is 0. The monoisotopic (exact) mass is 309 g/mol. The van der Waals surface area contributed by atoms with Gasteiger partial charge in [0.25, 0.3) is 5.91 Å². The Labute approximate surface area is 137 Å². The Kier molecular flexibility index (Phi) is 4.37. The molecule has 0 spiro atoms. The lowest BCUT2D eigenvalue weighted by atomic mass is 9.99. The van der Waals surface area contributed by atoms with Crippen molar-refractivity contribution in [2.75, 3.05) is 6.54 Å². The SMILES string of the molecule is Cc1ccc(C)c(O[C@H](C)C(=O)N2CCc3ccccc3C2)c1. The number of carbonyl (C=O) groups is 1. The van der Waals surface area contributed by atoms with Gasteiger partial charge >= 0.3 is 0 Å². The van der Waals surface area contributed by atoms with E-state index in [9.17, 15) is 4.79 Å². The fourth-order valence-corrected chi connectivity index (χ4v) is 3.02. The summed E-state index contributed by atoms with van der Waals surface area (Å²) in [6.07, 6.45) is 0.443. The molecule has 3 nitrogen and oxygen atoms in total. The van der Waals surface area contributed by atoms with Crippen LogP contribution < -0.4 is 4.74 Å². The first-order valence-electron chi connectivity index (χ1n) is 8.14. The molecule has 23 heavy (non-hydrogen) atoms. The molecule has 0 N–H and O–H groups in total. The summed E-state index contributed by atoms with van der Waals surface area (Å²) in [6.45, 7) is 7.31. The lowest BCUT2D eigenvalue weighted by Crippen LogP contribution is -2.43. The van der Waals surface area contributed by atoms with Crippen LogP contribution in [-0.4, -0.2) is 23.5 Å². The predicted molar refractivity (Wildman–Crippen MR) is 91.6 cm³/mol. The number of aryl methyl sites for hydroxylation is 2. The molecule has 0 radical (unpaired) electrons. The fraction of sp³-hybridized carbons (Fsp3) is 0.350. The Balaban J connectivity index is 1.70. The van der Waals surface area contributed by atoms with E-state index >= 15 is 0 Å². The van der Waals surface area contributed by atoms with Crippen LogP contribution in [0.3, 0.4) is 0 Å². The third-order valence-corrected chi connectivity index (χ3v) is 4.44. The smallest absolute Gasteiger partial charge is 0.263 e. The topological polar surface area (TPSA) is 29.5 Å². The molecule has 1 aliphatic rings. The van der Waals surface area contributed by atoms with E-state index in [1.807, 2.05) is 43.9 Å². The largest absolute Gasteiger partial charge is 0.481 e. The summed E-state index contributed by atoms with van der Waals surface area (Å²) in [6, 6.07) is 14.4. The second-order valence-corrected chi connectivity index (χ2v) is 6.31. The first-order chi connectivity index (χ1) is 11.0. The first kappa shape index (κ1) is 15.6. The molecule has 1 amide bonds. The van der Waals surface area contributed by atoms with Crippen molar-refractivity contribution in [3.05, 3.63) is 64.7 Å². The number of nitrogens with zero attached hydrogens (tertiary/aromatic N) is 1. The highest BCUT2D eigenvalue weighted by Gasteiger charge is 2.25. The minimum Gasteiger partial charge on any atom is -0.481 e. The van der Waals surface area contributed by atoms with E-state index in [1.165, 1.54) is 11.1 Å². The number of amides is 1. The van der Waals surface area contributed by atoms with E-state index < -0.39 is 6.10 Å². The van der Waals surface area contributed by atoms with E-state index in [4.69, 9.17) is 4.74 Å². The Bertz CT molecular complexity index is 723. The van der Waals surface area contributed by atoms with Crippen molar-refractivity contribution in [1.29, 1.82) is 0 Å². The highest BCUT2D eigenvalue weighted by Crippen LogP contribution is 2.23. The molecule has 3 heteroatoms. The number of rotatable bonds is 3. The normalized spacial score (nSPS) is 15.0. The van der Waals surface area contributed by atoms with Crippen LogP contribution in [0.25, 0.3) is 0 Å². The number of fused-ring (bicyclic) bond motifs is 1. The molecule has 0 fully saturated rings. The van der Waals surface area contributed by atoms with E-state index in [2.05, 4.69) is 24.3 Å². The molecule has 1 aliphatic heterocycles. The molecule has 0 bridgehead atoms.